The molecule has 1 aliphatic heterocycles. The standard InChI is InChI=1S/C23H28ClNO2/c1-27-19-11-9-17(10-12-19)22-20-7-4-5-13-23(20,26)14-15-25(22)16-18-6-2-3-8-21(18)24/h2-3,6,8-12,20,22,26H,4-5,7,13-16H2,1H3/t20-,22+,23+/m1/s1. The van der Waals surface area contributed by atoms with Crippen LogP contribution in [-0.4, -0.2) is 29.3 Å². The van der Waals surface area contributed by atoms with Crippen LogP contribution in [0.25, 0.3) is 0 Å². The highest BCUT2D eigenvalue weighted by Crippen LogP contribution is 2.49. The third kappa shape index (κ3) is 3.73. The van der Waals surface area contributed by atoms with Crippen LogP contribution in [0.15, 0.2) is 48.5 Å². The van der Waals surface area contributed by atoms with Crippen LogP contribution in [-0.2, 0) is 6.54 Å². The van der Waals surface area contributed by atoms with Crippen molar-refractivity contribution in [1.82, 2.24) is 4.90 Å². The lowest BCUT2D eigenvalue weighted by Gasteiger charge is -2.53. The van der Waals surface area contributed by atoms with Gasteiger partial charge in [-0.05, 0) is 48.6 Å². The van der Waals surface area contributed by atoms with Gasteiger partial charge in [0.15, 0.2) is 0 Å². The number of hydrogen-bond donors (Lipinski definition) is 1. The lowest BCUT2D eigenvalue weighted by atomic mass is 9.66. The maximum Gasteiger partial charge on any atom is 0.118 e. The van der Waals surface area contributed by atoms with Crippen molar-refractivity contribution in [3.63, 3.8) is 0 Å². The fraction of sp³-hybridized carbons (Fsp3) is 0.478. The molecule has 4 rings (SSSR count). The highest BCUT2D eigenvalue weighted by atomic mass is 35.5. The first kappa shape index (κ1) is 18.8. The van der Waals surface area contributed by atoms with E-state index in [4.69, 9.17) is 16.3 Å². The van der Waals surface area contributed by atoms with Crippen molar-refractivity contribution in [1.29, 1.82) is 0 Å². The third-order valence-corrected chi connectivity index (χ3v) is 6.83. The summed E-state index contributed by atoms with van der Waals surface area (Å²) in [6.45, 7) is 1.69. The van der Waals surface area contributed by atoms with Gasteiger partial charge in [-0.3, -0.25) is 4.90 Å². The number of nitrogens with zero attached hydrogens (tertiary/aromatic N) is 1. The average Bonchev–Trinajstić information content (AvgIpc) is 2.70. The van der Waals surface area contributed by atoms with Gasteiger partial charge in [0.25, 0.3) is 0 Å². The Kier molecular flexibility index (Phi) is 5.45. The van der Waals surface area contributed by atoms with Crippen molar-refractivity contribution in [2.45, 2.75) is 50.3 Å². The summed E-state index contributed by atoms with van der Waals surface area (Å²) in [6, 6.07) is 16.7. The first-order valence-corrected chi connectivity index (χ1v) is 10.3. The van der Waals surface area contributed by atoms with Gasteiger partial charge in [0.2, 0.25) is 0 Å². The summed E-state index contributed by atoms with van der Waals surface area (Å²) in [6.07, 6.45) is 5.16. The fourth-order valence-corrected chi connectivity index (χ4v) is 5.20. The molecule has 4 heteroatoms. The van der Waals surface area contributed by atoms with E-state index in [9.17, 15) is 5.11 Å². The minimum absolute atomic E-state index is 0.200. The van der Waals surface area contributed by atoms with E-state index in [-0.39, 0.29) is 12.0 Å². The van der Waals surface area contributed by atoms with E-state index >= 15 is 0 Å². The minimum Gasteiger partial charge on any atom is -0.497 e. The number of fused-ring (bicyclic) bond motifs is 1. The Morgan fingerprint density at radius 2 is 1.89 bits per heavy atom. The Balaban J connectivity index is 1.69. The highest BCUT2D eigenvalue weighted by Gasteiger charge is 2.48. The molecule has 3 atom stereocenters. The van der Waals surface area contributed by atoms with Crippen LogP contribution in [0.4, 0.5) is 0 Å². The maximum absolute atomic E-state index is 11.4. The lowest BCUT2D eigenvalue weighted by Crippen LogP contribution is -2.54. The van der Waals surface area contributed by atoms with Gasteiger partial charge in [-0.2, -0.15) is 0 Å². The molecule has 2 fully saturated rings. The van der Waals surface area contributed by atoms with Crippen molar-refractivity contribution in [3.8, 4) is 5.75 Å². The fourth-order valence-electron chi connectivity index (χ4n) is 5.01. The minimum atomic E-state index is -0.542. The number of ether oxygens (including phenoxy) is 1. The molecule has 2 aliphatic rings. The third-order valence-electron chi connectivity index (χ3n) is 6.46. The predicted molar refractivity (Wildman–Crippen MR) is 109 cm³/mol. The zero-order chi connectivity index (χ0) is 18.9. The van der Waals surface area contributed by atoms with Crippen molar-refractivity contribution in [2.75, 3.05) is 13.7 Å². The Morgan fingerprint density at radius 3 is 2.63 bits per heavy atom. The molecule has 1 heterocycles. The molecular weight excluding hydrogens is 358 g/mol. The van der Waals surface area contributed by atoms with Gasteiger partial charge < -0.3 is 9.84 Å². The van der Waals surface area contributed by atoms with Gasteiger partial charge in [-0.15, -0.1) is 0 Å². The van der Waals surface area contributed by atoms with Crippen molar-refractivity contribution >= 4 is 11.6 Å². The molecule has 2 aromatic rings. The molecule has 3 nitrogen and oxygen atoms in total. The quantitative estimate of drug-likeness (QED) is 0.783. The molecule has 0 radical (unpaired) electrons. The van der Waals surface area contributed by atoms with Crippen molar-refractivity contribution < 1.29 is 9.84 Å². The van der Waals surface area contributed by atoms with E-state index < -0.39 is 5.60 Å². The molecular formula is C23H28ClNO2. The molecule has 27 heavy (non-hydrogen) atoms. The Morgan fingerprint density at radius 1 is 1.11 bits per heavy atom. The van der Waals surface area contributed by atoms with Gasteiger partial charge in [-0.1, -0.05) is 54.8 Å². The summed E-state index contributed by atoms with van der Waals surface area (Å²) in [7, 11) is 1.69. The zero-order valence-electron chi connectivity index (χ0n) is 15.9. The number of rotatable bonds is 4. The summed E-state index contributed by atoms with van der Waals surface area (Å²) in [5, 5.41) is 12.2. The molecule has 1 saturated carbocycles. The SMILES string of the molecule is COc1ccc([C@H]2[C@H]3CCCC[C@]3(O)CCN2Cc2ccccc2Cl)cc1. The molecule has 1 N–H and O–H groups in total. The van der Waals surface area contributed by atoms with E-state index in [1.54, 1.807) is 7.11 Å². The second-order valence-electron chi connectivity index (χ2n) is 7.99. The van der Waals surface area contributed by atoms with Crippen LogP contribution in [0, 0.1) is 5.92 Å². The molecule has 0 bridgehead atoms. The summed E-state index contributed by atoms with van der Waals surface area (Å²) >= 11 is 6.45. The van der Waals surface area contributed by atoms with E-state index in [1.807, 2.05) is 30.3 Å². The van der Waals surface area contributed by atoms with Gasteiger partial charge in [0.05, 0.1) is 12.7 Å². The van der Waals surface area contributed by atoms with Gasteiger partial charge in [0.1, 0.15) is 5.75 Å². The Hall–Kier alpha value is -1.55. The summed E-state index contributed by atoms with van der Waals surface area (Å²) in [5.41, 5.74) is 1.87. The number of aliphatic hydroxyl groups is 1. The van der Waals surface area contributed by atoms with E-state index in [0.29, 0.717) is 0 Å². The normalized spacial score (nSPS) is 28.6. The molecule has 2 aromatic carbocycles. The molecule has 0 spiro atoms. The van der Waals surface area contributed by atoms with E-state index in [0.717, 1.165) is 55.1 Å². The molecule has 0 aromatic heterocycles. The summed E-state index contributed by atoms with van der Waals surface area (Å²) in [4.78, 5) is 2.51. The van der Waals surface area contributed by atoms with Gasteiger partial charge >= 0.3 is 0 Å². The maximum atomic E-state index is 11.4. The Bertz CT molecular complexity index is 778. The first-order valence-electron chi connectivity index (χ1n) is 9.94. The predicted octanol–water partition coefficient (Wildman–Crippen LogP) is 5.22. The van der Waals surface area contributed by atoms with Crippen LogP contribution in [0.1, 0.15) is 49.3 Å². The number of methoxy groups -OCH3 is 1. The molecule has 1 aliphatic carbocycles. The monoisotopic (exact) mass is 385 g/mol. The van der Waals surface area contributed by atoms with Crippen molar-refractivity contribution in [2.24, 2.45) is 5.92 Å². The molecule has 0 unspecified atom stereocenters. The Labute approximate surface area is 166 Å². The molecule has 0 amide bonds. The van der Waals surface area contributed by atoms with Crippen LogP contribution in [0.5, 0.6) is 5.75 Å². The topological polar surface area (TPSA) is 32.7 Å². The zero-order valence-corrected chi connectivity index (χ0v) is 16.7. The van der Waals surface area contributed by atoms with Crippen LogP contribution in [0.2, 0.25) is 5.02 Å². The number of halogens is 1. The van der Waals surface area contributed by atoms with Crippen LogP contribution in [0.3, 0.4) is 0 Å². The first-order chi connectivity index (χ1) is 13.1. The van der Waals surface area contributed by atoms with Crippen LogP contribution < -0.4 is 4.74 Å². The highest BCUT2D eigenvalue weighted by molar-refractivity contribution is 6.31. The average molecular weight is 386 g/mol. The number of likely N-dealkylation sites (tertiary alicyclic amines) is 1. The molecule has 1 saturated heterocycles. The van der Waals surface area contributed by atoms with Crippen LogP contribution >= 0.6 is 11.6 Å². The van der Waals surface area contributed by atoms with Gasteiger partial charge in [0, 0.05) is 30.1 Å². The number of benzene rings is 2. The van der Waals surface area contributed by atoms with Crippen molar-refractivity contribution in [3.05, 3.63) is 64.7 Å². The second kappa shape index (κ2) is 7.83. The number of hydrogen-bond acceptors (Lipinski definition) is 3. The second-order valence-corrected chi connectivity index (χ2v) is 8.39. The lowest BCUT2D eigenvalue weighted by molar-refractivity contribution is -0.126. The number of piperidine rings is 1. The van der Waals surface area contributed by atoms with E-state index in [1.165, 1.54) is 12.0 Å². The smallest absolute Gasteiger partial charge is 0.118 e. The largest absolute Gasteiger partial charge is 0.497 e. The van der Waals surface area contributed by atoms with E-state index in [2.05, 4.69) is 23.1 Å². The summed E-state index contributed by atoms with van der Waals surface area (Å²) in [5.74, 6) is 1.13. The molecule has 144 valence electrons. The summed E-state index contributed by atoms with van der Waals surface area (Å²) < 4.78 is 5.34. The van der Waals surface area contributed by atoms with Gasteiger partial charge in [-0.25, -0.2) is 0 Å².